The zero-order valence-electron chi connectivity index (χ0n) is 13.8. The van der Waals surface area contributed by atoms with E-state index < -0.39 is 5.97 Å². The minimum atomic E-state index is -0.415. The summed E-state index contributed by atoms with van der Waals surface area (Å²) in [6.07, 6.45) is 0.762. The van der Waals surface area contributed by atoms with Crippen LogP contribution in [0.5, 0.6) is 0 Å². The highest BCUT2D eigenvalue weighted by Crippen LogP contribution is 2.19. The van der Waals surface area contributed by atoms with Gasteiger partial charge in [-0.3, -0.25) is 4.79 Å². The van der Waals surface area contributed by atoms with E-state index >= 15 is 0 Å². The molecule has 4 nitrogen and oxygen atoms in total. The van der Waals surface area contributed by atoms with Crippen molar-refractivity contribution < 1.29 is 14.3 Å². The summed E-state index contributed by atoms with van der Waals surface area (Å²) in [4.78, 5) is 23.8. The molecule has 0 saturated heterocycles. The van der Waals surface area contributed by atoms with E-state index in [1.807, 2.05) is 32.0 Å². The van der Waals surface area contributed by atoms with Gasteiger partial charge < -0.3 is 10.1 Å². The molecule has 0 aromatic heterocycles. The summed E-state index contributed by atoms with van der Waals surface area (Å²) >= 11 is 5.77. The SMILES string of the molecule is Cc1cccc(C)c1NC(=O)CCCOC(=O)c1ccc(Cl)cc1. The minimum Gasteiger partial charge on any atom is -0.462 e. The zero-order chi connectivity index (χ0) is 17.5. The van der Waals surface area contributed by atoms with Gasteiger partial charge in [-0.05, 0) is 55.7 Å². The highest BCUT2D eigenvalue weighted by atomic mass is 35.5. The molecule has 0 fully saturated rings. The maximum atomic E-state index is 12.0. The van der Waals surface area contributed by atoms with Gasteiger partial charge in [0.05, 0.1) is 12.2 Å². The van der Waals surface area contributed by atoms with Crippen molar-refractivity contribution in [2.45, 2.75) is 26.7 Å². The third kappa shape index (κ3) is 5.10. The van der Waals surface area contributed by atoms with Crippen LogP contribution in [0.3, 0.4) is 0 Å². The fourth-order valence-electron chi connectivity index (χ4n) is 2.28. The molecule has 0 aliphatic heterocycles. The van der Waals surface area contributed by atoms with Crippen molar-refractivity contribution in [3.05, 3.63) is 64.2 Å². The van der Waals surface area contributed by atoms with Crippen LogP contribution in [-0.2, 0) is 9.53 Å². The molecule has 2 aromatic carbocycles. The normalized spacial score (nSPS) is 10.3. The number of anilines is 1. The quantitative estimate of drug-likeness (QED) is 0.618. The number of aryl methyl sites for hydroxylation is 2. The molecular weight excluding hydrogens is 326 g/mol. The van der Waals surface area contributed by atoms with Crippen molar-refractivity contribution in [2.24, 2.45) is 0 Å². The Morgan fingerprint density at radius 2 is 1.67 bits per heavy atom. The lowest BCUT2D eigenvalue weighted by Crippen LogP contribution is -2.15. The number of benzene rings is 2. The van der Waals surface area contributed by atoms with Crippen LogP contribution in [0.25, 0.3) is 0 Å². The molecule has 0 bridgehead atoms. The van der Waals surface area contributed by atoms with Gasteiger partial charge in [0.25, 0.3) is 0 Å². The first-order chi connectivity index (χ1) is 11.5. The second-order valence-corrected chi connectivity index (χ2v) is 6.00. The second kappa shape index (κ2) is 8.50. The van der Waals surface area contributed by atoms with E-state index in [1.54, 1.807) is 24.3 Å². The molecule has 0 aliphatic rings. The molecule has 5 heteroatoms. The average molecular weight is 346 g/mol. The first kappa shape index (κ1) is 18.0. The van der Waals surface area contributed by atoms with Crippen molar-refractivity contribution in [1.82, 2.24) is 0 Å². The van der Waals surface area contributed by atoms with Crippen molar-refractivity contribution >= 4 is 29.2 Å². The zero-order valence-corrected chi connectivity index (χ0v) is 14.5. The van der Waals surface area contributed by atoms with Gasteiger partial charge >= 0.3 is 5.97 Å². The average Bonchev–Trinajstić information content (AvgIpc) is 2.55. The Kier molecular flexibility index (Phi) is 6.38. The largest absolute Gasteiger partial charge is 0.462 e. The highest BCUT2D eigenvalue weighted by Gasteiger charge is 2.09. The number of esters is 1. The Morgan fingerprint density at radius 1 is 1.04 bits per heavy atom. The van der Waals surface area contributed by atoms with Gasteiger partial charge in [-0.15, -0.1) is 0 Å². The van der Waals surface area contributed by atoms with Gasteiger partial charge in [0.15, 0.2) is 0 Å². The smallest absolute Gasteiger partial charge is 0.338 e. The molecule has 0 atom stereocenters. The lowest BCUT2D eigenvalue weighted by molar-refractivity contribution is -0.116. The molecule has 0 saturated carbocycles. The number of nitrogens with one attached hydrogen (secondary N) is 1. The third-order valence-electron chi connectivity index (χ3n) is 3.61. The number of rotatable bonds is 6. The first-order valence-corrected chi connectivity index (χ1v) is 8.14. The highest BCUT2D eigenvalue weighted by molar-refractivity contribution is 6.30. The van der Waals surface area contributed by atoms with Crippen LogP contribution in [0.1, 0.15) is 34.3 Å². The summed E-state index contributed by atoms with van der Waals surface area (Å²) in [7, 11) is 0. The molecule has 1 amide bonds. The molecule has 24 heavy (non-hydrogen) atoms. The lowest BCUT2D eigenvalue weighted by Gasteiger charge is -2.11. The Hall–Kier alpha value is -2.33. The summed E-state index contributed by atoms with van der Waals surface area (Å²) in [5.41, 5.74) is 3.34. The minimum absolute atomic E-state index is 0.0880. The Morgan fingerprint density at radius 3 is 2.29 bits per heavy atom. The standard InChI is InChI=1S/C19H20ClNO3/c1-13-5-3-6-14(2)18(13)21-17(22)7-4-12-24-19(23)15-8-10-16(20)11-9-15/h3,5-6,8-11H,4,7,12H2,1-2H3,(H,21,22). The Bertz CT molecular complexity index is 706. The van der Waals surface area contributed by atoms with Crippen molar-refractivity contribution in [2.75, 3.05) is 11.9 Å². The van der Waals surface area contributed by atoms with Crippen LogP contribution in [0.4, 0.5) is 5.69 Å². The molecule has 1 N–H and O–H groups in total. The monoisotopic (exact) mass is 345 g/mol. The number of hydrogen-bond donors (Lipinski definition) is 1. The van der Waals surface area contributed by atoms with Gasteiger partial charge in [-0.2, -0.15) is 0 Å². The molecule has 0 heterocycles. The predicted molar refractivity (Wildman–Crippen MR) is 95.5 cm³/mol. The van der Waals surface area contributed by atoms with Crippen LogP contribution >= 0.6 is 11.6 Å². The molecule has 126 valence electrons. The third-order valence-corrected chi connectivity index (χ3v) is 3.86. The molecule has 0 aliphatic carbocycles. The molecule has 2 aromatic rings. The molecule has 2 rings (SSSR count). The summed E-state index contributed by atoms with van der Waals surface area (Å²) in [5.74, 6) is -0.503. The van der Waals surface area contributed by atoms with Crippen LogP contribution < -0.4 is 5.32 Å². The predicted octanol–water partition coefficient (Wildman–Crippen LogP) is 4.53. The molecular formula is C19H20ClNO3. The van der Waals surface area contributed by atoms with Gasteiger partial charge in [0.2, 0.25) is 5.91 Å². The first-order valence-electron chi connectivity index (χ1n) is 7.76. The number of hydrogen-bond acceptors (Lipinski definition) is 3. The second-order valence-electron chi connectivity index (χ2n) is 5.56. The topological polar surface area (TPSA) is 55.4 Å². The van der Waals surface area contributed by atoms with Crippen LogP contribution in [0.2, 0.25) is 5.02 Å². The van der Waals surface area contributed by atoms with E-state index in [2.05, 4.69) is 5.32 Å². The van der Waals surface area contributed by atoms with Crippen LogP contribution in [-0.4, -0.2) is 18.5 Å². The fourth-order valence-corrected chi connectivity index (χ4v) is 2.41. The molecule has 0 spiro atoms. The lowest BCUT2D eigenvalue weighted by atomic mass is 10.1. The molecule has 0 radical (unpaired) electrons. The van der Waals surface area contributed by atoms with Gasteiger partial charge in [-0.1, -0.05) is 29.8 Å². The summed E-state index contributed by atoms with van der Waals surface area (Å²) in [6.45, 7) is 4.11. The number of carbonyl (C=O) groups is 2. The number of ether oxygens (including phenoxy) is 1. The van der Waals surface area contributed by atoms with Gasteiger partial charge in [0, 0.05) is 17.1 Å². The summed E-state index contributed by atoms with van der Waals surface area (Å²) < 4.78 is 5.15. The van der Waals surface area contributed by atoms with E-state index in [0.717, 1.165) is 16.8 Å². The van der Waals surface area contributed by atoms with Crippen molar-refractivity contribution in [1.29, 1.82) is 0 Å². The maximum Gasteiger partial charge on any atom is 0.338 e. The van der Waals surface area contributed by atoms with E-state index in [1.165, 1.54) is 0 Å². The van der Waals surface area contributed by atoms with Gasteiger partial charge in [-0.25, -0.2) is 4.79 Å². The van der Waals surface area contributed by atoms with Crippen LogP contribution in [0.15, 0.2) is 42.5 Å². The number of halogens is 1. The van der Waals surface area contributed by atoms with Crippen molar-refractivity contribution in [3.8, 4) is 0 Å². The van der Waals surface area contributed by atoms with Crippen molar-refractivity contribution in [3.63, 3.8) is 0 Å². The van der Waals surface area contributed by atoms with E-state index in [9.17, 15) is 9.59 Å². The van der Waals surface area contributed by atoms with Gasteiger partial charge in [0.1, 0.15) is 0 Å². The number of carbonyl (C=O) groups excluding carboxylic acids is 2. The molecule has 0 unspecified atom stereocenters. The van der Waals surface area contributed by atoms with E-state index in [0.29, 0.717) is 23.4 Å². The number of para-hydroxylation sites is 1. The fraction of sp³-hybridized carbons (Fsp3) is 0.263. The Labute approximate surface area is 146 Å². The van der Waals surface area contributed by atoms with Crippen LogP contribution in [0, 0.1) is 13.8 Å². The van der Waals surface area contributed by atoms with E-state index in [-0.39, 0.29) is 12.5 Å². The maximum absolute atomic E-state index is 12.0. The Balaban J connectivity index is 1.75. The summed E-state index contributed by atoms with van der Waals surface area (Å²) in [6, 6.07) is 12.4. The number of amides is 1. The summed E-state index contributed by atoms with van der Waals surface area (Å²) in [5, 5.41) is 3.48. The van der Waals surface area contributed by atoms with E-state index in [4.69, 9.17) is 16.3 Å².